The SMILES string of the molecule is COc1ccc(Cl)cc1C(=O)NCc1ccc(N2CCOCC2)cc1. The molecule has 2 aromatic rings. The zero-order chi connectivity index (χ0) is 17.6. The molecule has 1 aliphatic heterocycles. The molecule has 25 heavy (non-hydrogen) atoms. The number of amides is 1. The van der Waals surface area contributed by atoms with E-state index in [0.717, 1.165) is 31.9 Å². The van der Waals surface area contributed by atoms with E-state index in [2.05, 4.69) is 22.3 Å². The summed E-state index contributed by atoms with van der Waals surface area (Å²) in [4.78, 5) is 14.7. The van der Waals surface area contributed by atoms with Crippen LogP contribution in [0.15, 0.2) is 42.5 Å². The number of carbonyl (C=O) groups excluding carboxylic acids is 1. The third kappa shape index (κ3) is 4.44. The third-order valence-electron chi connectivity index (χ3n) is 4.17. The predicted molar refractivity (Wildman–Crippen MR) is 98.6 cm³/mol. The molecule has 1 amide bonds. The first-order valence-electron chi connectivity index (χ1n) is 8.21. The van der Waals surface area contributed by atoms with Gasteiger partial charge in [-0.25, -0.2) is 0 Å². The largest absolute Gasteiger partial charge is 0.496 e. The second-order valence-electron chi connectivity index (χ2n) is 5.79. The standard InChI is InChI=1S/C19H21ClN2O3/c1-24-18-7-4-15(20)12-17(18)19(23)21-13-14-2-5-16(6-3-14)22-8-10-25-11-9-22/h2-7,12H,8-11,13H2,1H3,(H,21,23). The summed E-state index contributed by atoms with van der Waals surface area (Å²) in [5.41, 5.74) is 2.64. The average molecular weight is 361 g/mol. The molecule has 1 aliphatic rings. The Balaban J connectivity index is 1.61. The van der Waals surface area contributed by atoms with E-state index in [0.29, 0.717) is 22.9 Å². The van der Waals surface area contributed by atoms with E-state index in [1.54, 1.807) is 18.2 Å². The Labute approximate surface area is 152 Å². The minimum Gasteiger partial charge on any atom is -0.496 e. The van der Waals surface area contributed by atoms with E-state index < -0.39 is 0 Å². The Hall–Kier alpha value is -2.24. The summed E-state index contributed by atoms with van der Waals surface area (Å²) in [7, 11) is 1.53. The fourth-order valence-corrected chi connectivity index (χ4v) is 2.95. The highest BCUT2D eigenvalue weighted by Crippen LogP contribution is 2.22. The van der Waals surface area contributed by atoms with Crippen LogP contribution in [0.5, 0.6) is 5.75 Å². The first-order chi connectivity index (χ1) is 12.2. The second kappa shape index (κ2) is 8.23. The molecule has 5 nitrogen and oxygen atoms in total. The summed E-state index contributed by atoms with van der Waals surface area (Å²) in [5.74, 6) is 0.293. The summed E-state index contributed by atoms with van der Waals surface area (Å²) in [5, 5.41) is 3.41. The van der Waals surface area contributed by atoms with Crippen molar-refractivity contribution in [2.75, 3.05) is 38.3 Å². The number of rotatable bonds is 5. The van der Waals surface area contributed by atoms with Crippen molar-refractivity contribution in [1.29, 1.82) is 0 Å². The lowest BCUT2D eigenvalue weighted by molar-refractivity contribution is 0.0948. The van der Waals surface area contributed by atoms with E-state index in [4.69, 9.17) is 21.1 Å². The molecule has 132 valence electrons. The minimum absolute atomic E-state index is 0.211. The van der Waals surface area contributed by atoms with Gasteiger partial charge in [0.15, 0.2) is 0 Å². The Kier molecular flexibility index (Phi) is 5.79. The van der Waals surface area contributed by atoms with Gasteiger partial charge in [-0.1, -0.05) is 23.7 Å². The van der Waals surface area contributed by atoms with Gasteiger partial charge in [0.2, 0.25) is 0 Å². The molecule has 0 radical (unpaired) electrons. The summed E-state index contributed by atoms with van der Waals surface area (Å²) < 4.78 is 10.6. The van der Waals surface area contributed by atoms with Crippen LogP contribution in [0.25, 0.3) is 0 Å². The van der Waals surface area contributed by atoms with Gasteiger partial charge in [-0.05, 0) is 35.9 Å². The number of hydrogen-bond acceptors (Lipinski definition) is 4. The number of morpholine rings is 1. The lowest BCUT2D eigenvalue weighted by Crippen LogP contribution is -2.36. The summed E-state index contributed by atoms with van der Waals surface area (Å²) >= 11 is 5.98. The van der Waals surface area contributed by atoms with Crippen LogP contribution in [0.2, 0.25) is 5.02 Å². The van der Waals surface area contributed by atoms with E-state index in [-0.39, 0.29) is 5.91 Å². The van der Waals surface area contributed by atoms with Crippen LogP contribution in [-0.2, 0) is 11.3 Å². The van der Waals surface area contributed by atoms with Gasteiger partial charge in [0.1, 0.15) is 5.75 Å². The van der Waals surface area contributed by atoms with Crippen molar-refractivity contribution in [3.8, 4) is 5.75 Å². The summed E-state index contributed by atoms with van der Waals surface area (Å²) in [6, 6.07) is 13.2. The molecule has 3 rings (SSSR count). The van der Waals surface area contributed by atoms with Crippen LogP contribution in [0.1, 0.15) is 15.9 Å². The molecule has 0 bridgehead atoms. The Morgan fingerprint density at radius 1 is 1.20 bits per heavy atom. The highest BCUT2D eigenvalue weighted by atomic mass is 35.5. The number of halogens is 1. The van der Waals surface area contributed by atoms with Crippen LogP contribution < -0.4 is 15.0 Å². The number of nitrogens with zero attached hydrogens (tertiary/aromatic N) is 1. The third-order valence-corrected chi connectivity index (χ3v) is 4.41. The molecule has 0 spiro atoms. The van der Waals surface area contributed by atoms with Gasteiger partial charge in [-0.15, -0.1) is 0 Å². The average Bonchev–Trinajstić information content (AvgIpc) is 2.67. The molecule has 0 saturated carbocycles. The molecule has 6 heteroatoms. The Morgan fingerprint density at radius 2 is 1.92 bits per heavy atom. The maximum Gasteiger partial charge on any atom is 0.255 e. The van der Waals surface area contributed by atoms with Crippen LogP contribution in [0.3, 0.4) is 0 Å². The van der Waals surface area contributed by atoms with Gasteiger partial charge in [0.05, 0.1) is 25.9 Å². The van der Waals surface area contributed by atoms with Crippen molar-refractivity contribution in [3.05, 3.63) is 58.6 Å². The van der Waals surface area contributed by atoms with E-state index in [1.807, 2.05) is 12.1 Å². The topological polar surface area (TPSA) is 50.8 Å². The van der Waals surface area contributed by atoms with E-state index >= 15 is 0 Å². The first-order valence-corrected chi connectivity index (χ1v) is 8.58. The molecule has 1 saturated heterocycles. The van der Waals surface area contributed by atoms with Crippen molar-refractivity contribution in [2.45, 2.75) is 6.54 Å². The highest BCUT2D eigenvalue weighted by molar-refractivity contribution is 6.31. The summed E-state index contributed by atoms with van der Waals surface area (Å²) in [6.07, 6.45) is 0. The van der Waals surface area contributed by atoms with Crippen molar-refractivity contribution in [1.82, 2.24) is 5.32 Å². The van der Waals surface area contributed by atoms with Gasteiger partial charge < -0.3 is 19.7 Å². The molecule has 0 aliphatic carbocycles. The van der Waals surface area contributed by atoms with Crippen LogP contribution in [-0.4, -0.2) is 39.3 Å². The van der Waals surface area contributed by atoms with E-state index in [1.165, 1.54) is 12.8 Å². The van der Waals surface area contributed by atoms with Gasteiger partial charge >= 0.3 is 0 Å². The molecular formula is C19H21ClN2O3. The summed E-state index contributed by atoms with van der Waals surface area (Å²) in [6.45, 7) is 3.78. The fourth-order valence-electron chi connectivity index (χ4n) is 2.78. The Bertz CT molecular complexity index is 728. The lowest BCUT2D eigenvalue weighted by atomic mass is 10.1. The maximum absolute atomic E-state index is 12.4. The first kappa shape index (κ1) is 17.6. The van der Waals surface area contributed by atoms with Crippen molar-refractivity contribution < 1.29 is 14.3 Å². The molecule has 1 fully saturated rings. The van der Waals surface area contributed by atoms with E-state index in [9.17, 15) is 4.79 Å². The molecule has 1 N–H and O–H groups in total. The van der Waals surface area contributed by atoms with Crippen LogP contribution >= 0.6 is 11.6 Å². The van der Waals surface area contributed by atoms with Crippen LogP contribution in [0, 0.1) is 0 Å². The number of benzene rings is 2. The van der Waals surface area contributed by atoms with Crippen LogP contribution in [0.4, 0.5) is 5.69 Å². The monoisotopic (exact) mass is 360 g/mol. The number of methoxy groups -OCH3 is 1. The zero-order valence-electron chi connectivity index (χ0n) is 14.1. The quantitative estimate of drug-likeness (QED) is 0.890. The van der Waals surface area contributed by atoms with Crippen molar-refractivity contribution >= 4 is 23.2 Å². The van der Waals surface area contributed by atoms with Gasteiger partial charge in [0, 0.05) is 30.3 Å². The molecular weight excluding hydrogens is 340 g/mol. The van der Waals surface area contributed by atoms with Crippen molar-refractivity contribution in [2.24, 2.45) is 0 Å². The number of anilines is 1. The molecule has 0 atom stereocenters. The predicted octanol–water partition coefficient (Wildman–Crippen LogP) is 3.12. The van der Waals surface area contributed by atoms with Gasteiger partial charge in [-0.2, -0.15) is 0 Å². The number of carbonyl (C=O) groups is 1. The lowest BCUT2D eigenvalue weighted by Gasteiger charge is -2.28. The minimum atomic E-state index is -0.211. The Morgan fingerprint density at radius 3 is 2.60 bits per heavy atom. The molecule has 0 unspecified atom stereocenters. The fraction of sp³-hybridized carbons (Fsp3) is 0.316. The molecule has 2 aromatic carbocycles. The maximum atomic E-state index is 12.4. The number of hydrogen-bond donors (Lipinski definition) is 1. The smallest absolute Gasteiger partial charge is 0.255 e. The zero-order valence-corrected chi connectivity index (χ0v) is 14.9. The second-order valence-corrected chi connectivity index (χ2v) is 6.23. The highest BCUT2D eigenvalue weighted by Gasteiger charge is 2.13. The van der Waals surface area contributed by atoms with Gasteiger partial charge in [0.25, 0.3) is 5.91 Å². The number of ether oxygens (including phenoxy) is 2. The number of nitrogens with one attached hydrogen (secondary N) is 1. The normalized spacial score (nSPS) is 14.2. The van der Waals surface area contributed by atoms with Crippen molar-refractivity contribution in [3.63, 3.8) is 0 Å². The molecule has 0 aromatic heterocycles. The van der Waals surface area contributed by atoms with Gasteiger partial charge in [-0.3, -0.25) is 4.79 Å². The molecule has 1 heterocycles.